The Morgan fingerprint density at radius 3 is 2.61 bits per heavy atom. The van der Waals surface area contributed by atoms with E-state index in [1.807, 2.05) is 30.1 Å². The van der Waals surface area contributed by atoms with Crippen LogP contribution < -0.4 is 14.4 Å². The summed E-state index contributed by atoms with van der Waals surface area (Å²) in [5, 5.41) is 8.62. The number of carboxylic acids is 1. The Morgan fingerprint density at radius 1 is 1.33 bits per heavy atom. The molecule has 1 rings (SSSR count). The molecule has 1 N–H and O–H groups in total. The first-order chi connectivity index (χ1) is 8.58. The van der Waals surface area contributed by atoms with Crippen molar-refractivity contribution < 1.29 is 19.4 Å². The Kier molecular flexibility index (Phi) is 5.30. The van der Waals surface area contributed by atoms with Gasteiger partial charge in [0.2, 0.25) is 0 Å². The third-order valence-corrected chi connectivity index (χ3v) is 2.68. The van der Waals surface area contributed by atoms with Gasteiger partial charge in [-0.2, -0.15) is 0 Å². The molecule has 100 valence electrons. The number of hydrogen-bond donors (Lipinski definition) is 1. The van der Waals surface area contributed by atoms with Gasteiger partial charge < -0.3 is 19.5 Å². The summed E-state index contributed by atoms with van der Waals surface area (Å²) in [5.74, 6) is 0.713. The van der Waals surface area contributed by atoms with E-state index < -0.39 is 5.97 Å². The molecule has 18 heavy (non-hydrogen) atoms. The average molecular weight is 253 g/mol. The third-order valence-electron chi connectivity index (χ3n) is 2.68. The van der Waals surface area contributed by atoms with E-state index in [9.17, 15) is 4.79 Å². The molecule has 1 aromatic rings. The number of methoxy groups -OCH3 is 2. The van der Waals surface area contributed by atoms with Gasteiger partial charge in [-0.05, 0) is 18.6 Å². The number of carboxylic acid groups (broad SMARTS) is 1. The van der Waals surface area contributed by atoms with E-state index in [1.165, 1.54) is 0 Å². The molecule has 0 radical (unpaired) electrons. The quantitative estimate of drug-likeness (QED) is 0.805. The second-order valence-electron chi connectivity index (χ2n) is 3.96. The Bertz CT molecular complexity index is 406. The monoisotopic (exact) mass is 253 g/mol. The normalized spacial score (nSPS) is 9.94. The zero-order valence-corrected chi connectivity index (χ0v) is 11.0. The number of ether oxygens (including phenoxy) is 2. The van der Waals surface area contributed by atoms with Gasteiger partial charge in [-0.1, -0.05) is 0 Å². The van der Waals surface area contributed by atoms with Gasteiger partial charge in [-0.3, -0.25) is 4.79 Å². The number of anilines is 1. The number of nitrogens with zero attached hydrogens (tertiary/aromatic N) is 1. The Balaban J connectivity index is 2.75. The SMILES string of the molecule is COc1ccc(OC)c(N(C)CCCC(=O)O)c1. The summed E-state index contributed by atoms with van der Waals surface area (Å²) < 4.78 is 10.5. The van der Waals surface area contributed by atoms with Gasteiger partial charge in [0.25, 0.3) is 0 Å². The lowest BCUT2D eigenvalue weighted by atomic mass is 10.2. The van der Waals surface area contributed by atoms with Crippen molar-refractivity contribution >= 4 is 11.7 Å². The van der Waals surface area contributed by atoms with E-state index in [2.05, 4.69) is 0 Å². The van der Waals surface area contributed by atoms with Crippen LogP contribution in [-0.4, -0.2) is 38.9 Å². The molecule has 0 bridgehead atoms. The highest BCUT2D eigenvalue weighted by Gasteiger charge is 2.10. The lowest BCUT2D eigenvalue weighted by Gasteiger charge is -2.22. The summed E-state index contributed by atoms with van der Waals surface area (Å²) in [6.07, 6.45) is 0.753. The second kappa shape index (κ2) is 6.74. The average Bonchev–Trinajstić information content (AvgIpc) is 2.37. The number of benzene rings is 1. The Hall–Kier alpha value is -1.91. The summed E-state index contributed by atoms with van der Waals surface area (Å²) in [4.78, 5) is 12.4. The molecule has 0 aromatic heterocycles. The number of aliphatic carboxylic acids is 1. The van der Waals surface area contributed by atoms with Crippen LogP contribution in [0, 0.1) is 0 Å². The molecule has 0 spiro atoms. The van der Waals surface area contributed by atoms with Crippen molar-refractivity contribution in [3.63, 3.8) is 0 Å². The molecule has 0 aliphatic rings. The maximum absolute atomic E-state index is 10.5. The van der Waals surface area contributed by atoms with Crippen molar-refractivity contribution in [3.8, 4) is 11.5 Å². The van der Waals surface area contributed by atoms with Crippen molar-refractivity contribution in [1.82, 2.24) is 0 Å². The summed E-state index contributed by atoms with van der Waals surface area (Å²) in [6, 6.07) is 5.54. The molecular weight excluding hydrogens is 234 g/mol. The van der Waals surface area contributed by atoms with Crippen LogP contribution >= 0.6 is 0 Å². The molecule has 0 atom stereocenters. The van der Waals surface area contributed by atoms with Crippen LogP contribution in [0.3, 0.4) is 0 Å². The molecular formula is C13H19NO4. The van der Waals surface area contributed by atoms with Crippen LogP contribution in [0.4, 0.5) is 5.69 Å². The first-order valence-electron chi connectivity index (χ1n) is 5.73. The summed E-state index contributed by atoms with van der Waals surface area (Å²) in [5.41, 5.74) is 0.891. The Labute approximate surface area is 107 Å². The smallest absolute Gasteiger partial charge is 0.303 e. The molecule has 0 unspecified atom stereocenters. The molecule has 0 aliphatic carbocycles. The van der Waals surface area contributed by atoms with Crippen molar-refractivity contribution in [3.05, 3.63) is 18.2 Å². The van der Waals surface area contributed by atoms with E-state index in [4.69, 9.17) is 14.6 Å². The summed E-state index contributed by atoms with van der Waals surface area (Å²) in [6.45, 7) is 0.649. The maximum Gasteiger partial charge on any atom is 0.303 e. The molecule has 0 aliphatic heterocycles. The molecule has 5 nitrogen and oxygen atoms in total. The molecule has 1 aromatic carbocycles. The largest absolute Gasteiger partial charge is 0.497 e. The van der Waals surface area contributed by atoms with Crippen LogP contribution in [0.2, 0.25) is 0 Å². The predicted molar refractivity (Wildman–Crippen MR) is 69.7 cm³/mol. The molecule has 0 saturated carbocycles. The van der Waals surface area contributed by atoms with Gasteiger partial charge in [0, 0.05) is 26.1 Å². The van der Waals surface area contributed by atoms with E-state index in [0.29, 0.717) is 13.0 Å². The summed E-state index contributed by atoms with van der Waals surface area (Å²) in [7, 11) is 5.12. The molecule has 0 fully saturated rings. The molecule has 0 amide bonds. The highest BCUT2D eigenvalue weighted by Crippen LogP contribution is 2.31. The topological polar surface area (TPSA) is 59.0 Å². The van der Waals surface area contributed by atoms with Crippen LogP contribution in [0.25, 0.3) is 0 Å². The van der Waals surface area contributed by atoms with Crippen molar-refractivity contribution in [2.75, 3.05) is 32.7 Å². The van der Waals surface area contributed by atoms with Crippen molar-refractivity contribution in [1.29, 1.82) is 0 Å². The minimum Gasteiger partial charge on any atom is -0.497 e. The van der Waals surface area contributed by atoms with Gasteiger partial charge in [-0.25, -0.2) is 0 Å². The van der Waals surface area contributed by atoms with Crippen molar-refractivity contribution in [2.45, 2.75) is 12.8 Å². The van der Waals surface area contributed by atoms with Crippen molar-refractivity contribution in [2.24, 2.45) is 0 Å². The van der Waals surface area contributed by atoms with Gasteiger partial charge in [0.1, 0.15) is 11.5 Å². The van der Waals surface area contributed by atoms with E-state index in [1.54, 1.807) is 14.2 Å². The van der Waals surface area contributed by atoms with Crippen LogP contribution in [0.5, 0.6) is 11.5 Å². The lowest BCUT2D eigenvalue weighted by Crippen LogP contribution is -2.20. The van der Waals surface area contributed by atoms with Gasteiger partial charge in [0.15, 0.2) is 0 Å². The van der Waals surface area contributed by atoms with Gasteiger partial charge in [-0.15, -0.1) is 0 Å². The second-order valence-corrected chi connectivity index (χ2v) is 3.96. The molecule has 5 heteroatoms. The highest BCUT2D eigenvalue weighted by molar-refractivity contribution is 5.67. The fraction of sp³-hybridized carbons (Fsp3) is 0.462. The minimum absolute atomic E-state index is 0.163. The van der Waals surface area contributed by atoms with Gasteiger partial charge in [0.05, 0.1) is 19.9 Å². The number of hydrogen-bond acceptors (Lipinski definition) is 4. The zero-order valence-electron chi connectivity index (χ0n) is 11.0. The number of rotatable bonds is 7. The van der Waals surface area contributed by atoms with E-state index >= 15 is 0 Å². The maximum atomic E-state index is 10.5. The number of carbonyl (C=O) groups is 1. The Morgan fingerprint density at radius 2 is 2.06 bits per heavy atom. The fourth-order valence-electron chi connectivity index (χ4n) is 1.68. The molecule has 0 heterocycles. The van der Waals surface area contributed by atoms with Crippen LogP contribution in [0.15, 0.2) is 18.2 Å². The third kappa shape index (κ3) is 3.84. The lowest BCUT2D eigenvalue weighted by molar-refractivity contribution is -0.137. The van der Waals surface area contributed by atoms with Crippen LogP contribution in [0.1, 0.15) is 12.8 Å². The fourth-order valence-corrected chi connectivity index (χ4v) is 1.68. The standard InChI is InChI=1S/C13H19NO4/c1-14(8-4-5-13(15)16)11-9-10(17-2)6-7-12(11)18-3/h6-7,9H,4-5,8H2,1-3H3,(H,15,16). The van der Waals surface area contributed by atoms with E-state index in [-0.39, 0.29) is 6.42 Å². The zero-order chi connectivity index (χ0) is 13.5. The minimum atomic E-state index is -0.777. The van der Waals surface area contributed by atoms with Gasteiger partial charge >= 0.3 is 5.97 Å². The first kappa shape index (κ1) is 14.2. The predicted octanol–water partition coefficient (Wildman–Crippen LogP) is 2.00. The first-order valence-corrected chi connectivity index (χ1v) is 5.73. The highest BCUT2D eigenvalue weighted by atomic mass is 16.5. The van der Waals surface area contributed by atoms with Crippen LogP contribution in [-0.2, 0) is 4.79 Å². The molecule has 0 saturated heterocycles. The van der Waals surface area contributed by atoms with E-state index in [0.717, 1.165) is 17.2 Å². The summed E-state index contributed by atoms with van der Waals surface area (Å²) >= 11 is 0.